The van der Waals surface area contributed by atoms with Crippen molar-refractivity contribution in [2.45, 2.75) is 0 Å². The van der Waals surface area contributed by atoms with Crippen molar-refractivity contribution in [3.05, 3.63) is 54.1 Å². The van der Waals surface area contributed by atoms with Gasteiger partial charge in [0, 0.05) is 16.3 Å². The molecule has 0 saturated carbocycles. The van der Waals surface area contributed by atoms with E-state index in [0.29, 0.717) is 0 Å². The summed E-state index contributed by atoms with van der Waals surface area (Å²) in [5, 5.41) is 2.12. The van der Waals surface area contributed by atoms with Crippen molar-refractivity contribution >= 4 is 33.3 Å². The van der Waals surface area contributed by atoms with Crippen molar-refractivity contribution in [3.63, 3.8) is 0 Å². The average Bonchev–Trinajstić information content (AvgIpc) is 2.65. The van der Waals surface area contributed by atoms with Crippen LogP contribution < -0.4 is 4.74 Å². The van der Waals surface area contributed by atoms with Gasteiger partial charge in [-0.15, -0.1) is 0 Å². The fourth-order valence-electron chi connectivity index (χ4n) is 2.13. The number of rotatable bonds is 0. The van der Waals surface area contributed by atoms with E-state index in [2.05, 4.69) is 17.1 Å². The highest BCUT2D eigenvalue weighted by atomic mass is 32.1. The molecule has 2 heterocycles. The molecule has 2 aromatic carbocycles. The third-order valence-electron chi connectivity index (χ3n) is 3.00. The maximum absolute atomic E-state index is 5.98. The second-order valence-corrected chi connectivity index (χ2v) is 5.14. The predicted molar refractivity (Wildman–Crippen MR) is 75.6 cm³/mol. The highest BCUT2D eigenvalue weighted by molar-refractivity contribution is 7.21. The van der Waals surface area contributed by atoms with E-state index in [1.165, 1.54) is 10.1 Å². The number of thiophene rings is 1. The largest absolute Gasteiger partial charge is 0.444 e. The molecule has 1 aliphatic rings. The van der Waals surface area contributed by atoms with Gasteiger partial charge in [-0.1, -0.05) is 41.7 Å². The molecule has 0 fully saturated rings. The lowest BCUT2D eigenvalue weighted by atomic mass is 10.2. The van der Waals surface area contributed by atoms with Crippen LogP contribution >= 0.6 is 11.3 Å². The van der Waals surface area contributed by atoms with Crippen LogP contribution in [0.4, 0.5) is 5.69 Å². The van der Waals surface area contributed by atoms with E-state index >= 15 is 0 Å². The predicted octanol–water partition coefficient (Wildman–Crippen LogP) is 4.76. The molecule has 0 unspecified atom stereocenters. The molecule has 0 spiro atoms. The Kier molecular flexibility index (Phi) is 2.02. The molecule has 0 saturated heterocycles. The van der Waals surface area contributed by atoms with E-state index in [1.807, 2.05) is 42.6 Å². The van der Waals surface area contributed by atoms with Crippen molar-refractivity contribution < 1.29 is 4.74 Å². The van der Waals surface area contributed by atoms with Gasteiger partial charge in [-0.25, -0.2) is 0 Å². The Morgan fingerprint density at radius 1 is 0.944 bits per heavy atom. The van der Waals surface area contributed by atoms with Crippen molar-refractivity contribution in [2.75, 3.05) is 0 Å². The van der Waals surface area contributed by atoms with Gasteiger partial charge in [-0.05, 0) is 18.2 Å². The van der Waals surface area contributed by atoms with Gasteiger partial charge in [0.05, 0.1) is 5.56 Å². The first-order chi connectivity index (χ1) is 8.92. The van der Waals surface area contributed by atoms with Crippen LogP contribution in [0.15, 0.2) is 53.5 Å². The molecule has 2 nitrogen and oxygen atoms in total. The summed E-state index contributed by atoms with van der Waals surface area (Å²) in [6.07, 6.45) is 1.90. The number of nitrogens with zero attached hydrogens (tertiary/aromatic N) is 1. The highest BCUT2D eigenvalue weighted by Crippen LogP contribution is 2.43. The average molecular weight is 251 g/mol. The molecule has 4 rings (SSSR count). The van der Waals surface area contributed by atoms with E-state index in [9.17, 15) is 0 Å². The summed E-state index contributed by atoms with van der Waals surface area (Å²) >= 11 is 1.66. The van der Waals surface area contributed by atoms with Gasteiger partial charge in [-0.3, -0.25) is 4.99 Å². The molecule has 1 aliphatic heterocycles. The Hall–Kier alpha value is -2.13. The Balaban J connectivity index is 2.00. The van der Waals surface area contributed by atoms with Crippen LogP contribution in [0.2, 0.25) is 0 Å². The number of aliphatic imine (C=N–C) groups is 1. The number of hydrogen-bond acceptors (Lipinski definition) is 3. The molecule has 0 aliphatic carbocycles. The SMILES string of the molecule is C1=Nc2ccccc2Oc2sc3ccccc3c21. The molecule has 0 amide bonds. The summed E-state index contributed by atoms with van der Waals surface area (Å²) in [6, 6.07) is 16.2. The first-order valence-corrected chi connectivity index (χ1v) is 6.56. The second kappa shape index (κ2) is 3.68. The third kappa shape index (κ3) is 1.38. The molecule has 3 heteroatoms. The van der Waals surface area contributed by atoms with Gasteiger partial charge in [0.1, 0.15) is 5.69 Å². The van der Waals surface area contributed by atoms with Crippen LogP contribution in [0, 0.1) is 0 Å². The standard InChI is InChI=1S/C15H9NOS/c1-4-8-14-10(5-1)11-9-16-12-6-2-3-7-13(12)17-15(11)18-14/h1-9H. The summed E-state index contributed by atoms with van der Waals surface area (Å²) in [4.78, 5) is 4.51. The molecule has 1 aromatic heterocycles. The van der Waals surface area contributed by atoms with Crippen LogP contribution in [0.5, 0.6) is 10.8 Å². The normalized spacial score (nSPS) is 12.7. The minimum atomic E-state index is 0.819. The molecule has 3 aromatic rings. The fraction of sp³-hybridized carbons (Fsp3) is 0. The number of para-hydroxylation sites is 2. The van der Waals surface area contributed by atoms with Crippen LogP contribution in [0.25, 0.3) is 10.1 Å². The zero-order chi connectivity index (χ0) is 11.9. The minimum Gasteiger partial charge on any atom is -0.444 e. The van der Waals surface area contributed by atoms with E-state index in [0.717, 1.165) is 22.1 Å². The number of fused-ring (bicyclic) bond motifs is 4. The second-order valence-electron chi connectivity index (χ2n) is 4.13. The van der Waals surface area contributed by atoms with E-state index < -0.39 is 0 Å². The zero-order valence-electron chi connectivity index (χ0n) is 9.46. The minimum absolute atomic E-state index is 0.819. The lowest BCUT2D eigenvalue weighted by Crippen LogP contribution is -1.82. The number of benzene rings is 2. The van der Waals surface area contributed by atoms with E-state index in [4.69, 9.17) is 4.74 Å². The van der Waals surface area contributed by atoms with Gasteiger partial charge in [0.25, 0.3) is 0 Å². The summed E-state index contributed by atoms with van der Waals surface area (Å²) in [5.74, 6) is 0.819. The van der Waals surface area contributed by atoms with Crippen molar-refractivity contribution in [3.8, 4) is 10.8 Å². The summed E-state index contributed by atoms with van der Waals surface area (Å²) in [6.45, 7) is 0. The smallest absolute Gasteiger partial charge is 0.191 e. The molecular formula is C15H9NOS. The molecule has 0 bridgehead atoms. The van der Waals surface area contributed by atoms with E-state index in [1.54, 1.807) is 11.3 Å². The topological polar surface area (TPSA) is 21.6 Å². The maximum atomic E-state index is 5.98. The Morgan fingerprint density at radius 3 is 2.78 bits per heavy atom. The summed E-state index contributed by atoms with van der Waals surface area (Å²) < 4.78 is 7.21. The monoisotopic (exact) mass is 251 g/mol. The first-order valence-electron chi connectivity index (χ1n) is 5.74. The van der Waals surface area contributed by atoms with E-state index in [-0.39, 0.29) is 0 Å². The zero-order valence-corrected chi connectivity index (χ0v) is 10.3. The van der Waals surface area contributed by atoms with Crippen LogP contribution in [0.1, 0.15) is 5.56 Å². The molecule has 18 heavy (non-hydrogen) atoms. The van der Waals surface area contributed by atoms with Gasteiger partial charge < -0.3 is 4.74 Å². The first kappa shape index (κ1) is 9.85. The molecule has 86 valence electrons. The number of ether oxygens (including phenoxy) is 1. The van der Waals surface area contributed by atoms with Crippen molar-refractivity contribution in [2.24, 2.45) is 4.99 Å². The quantitative estimate of drug-likeness (QED) is 0.441. The molecule has 0 N–H and O–H groups in total. The van der Waals surface area contributed by atoms with Gasteiger partial charge in [-0.2, -0.15) is 0 Å². The summed E-state index contributed by atoms with van der Waals surface area (Å²) in [7, 11) is 0. The number of hydrogen-bond donors (Lipinski definition) is 0. The van der Waals surface area contributed by atoms with Gasteiger partial charge >= 0.3 is 0 Å². The van der Waals surface area contributed by atoms with Crippen LogP contribution in [-0.2, 0) is 0 Å². The molecular weight excluding hydrogens is 242 g/mol. The third-order valence-corrected chi connectivity index (χ3v) is 4.06. The van der Waals surface area contributed by atoms with Gasteiger partial charge in [0.15, 0.2) is 10.8 Å². The Labute approximate surface area is 108 Å². The summed E-state index contributed by atoms with van der Waals surface area (Å²) in [5.41, 5.74) is 1.96. The maximum Gasteiger partial charge on any atom is 0.191 e. The van der Waals surface area contributed by atoms with Gasteiger partial charge in [0.2, 0.25) is 0 Å². The molecule has 0 atom stereocenters. The van der Waals surface area contributed by atoms with Crippen molar-refractivity contribution in [1.29, 1.82) is 0 Å². The van der Waals surface area contributed by atoms with Crippen molar-refractivity contribution in [1.82, 2.24) is 0 Å². The lowest BCUT2D eigenvalue weighted by molar-refractivity contribution is 0.499. The molecule has 0 radical (unpaired) electrons. The van der Waals surface area contributed by atoms with Crippen LogP contribution in [-0.4, -0.2) is 6.21 Å². The Bertz CT molecular complexity index is 773. The lowest BCUT2D eigenvalue weighted by Gasteiger charge is -2.03. The fourth-order valence-corrected chi connectivity index (χ4v) is 3.16. The highest BCUT2D eigenvalue weighted by Gasteiger charge is 2.16. The van der Waals surface area contributed by atoms with Crippen LogP contribution in [0.3, 0.4) is 0 Å². The Morgan fingerprint density at radius 2 is 1.78 bits per heavy atom.